The van der Waals surface area contributed by atoms with Crippen molar-refractivity contribution in [2.24, 2.45) is 5.92 Å². The molecule has 0 aromatic heterocycles. The smallest absolute Gasteiger partial charge is 0.307 e. The maximum atomic E-state index is 11.1. The van der Waals surface area contributed by atoms with Crippen LogP contribution >= 0.6 is 15.9 Å². The predicted octanol–water partition coefficient (Wildman–Crippen LogP) is 2.44. The molecule has 1 saturated heterocycles. The number of ether oxygens (including phenoxy) is 1. The molecule has 1 heterocycles. The number of hydrogen-bond donors (Lipinski definition) is 1. The highest BCUT2D eigenvalue weighted by Crippen LogP contribution is 2.40. The molecule has 1 atom stereocenters. The third-order valence-electron chi connectivity index (χ3n) is 3.32. The third kappa shape index (κ3) is 1.76. The maximum absolute atomic E-state index is 11.1. The van der Waals surface area contributed by atoms with Crippen LogP contribution in [0.4, 0.5) is 0 Å². The van der Waals surface area contributed by atoms with E-state index < -0.39 is 11.9 Å². The Hall–Kier alpha value is -0.870. The largest absolute Gasteiger partial charge is 0.481 e. The molecular formula is C12H13BrO3. The summed E-state index contributed by atoms with van der Waals surface area (Å²) in [6.07, 6.45) is 0. The van der Waals surface area contributed by atoms with Gasteiger partial charge in [0.2, 0.25) is 0 Å². The molecule has 1 fully saturated rings. The molecule has 0 radical (unpaired) electrons. The molecule has 0 spiro atoms. The van der Waals surface area contributed by atoms with Crippen LogP contribution < -0.4 is 0 Å². The highest BCUT2D eigenvalue weighted by Gasteiger charge is 2.48. The Labute approximate surface area is 103 Å². The molecule has 1 aliphatic heterocycles. The summed E-state index contributed by atoms with van der Waals surface area (Å²) in [5, 5.41) is 9.15. The highest BCUT2D eigenvalue weighted by molar-refractivity contribution is 9.10. The van der Waals surface area contributed by atoms with Crippen molar-refractivity contribution in [3.63, 3.8) is 0 Å². The van der Waals surface area contributed by atoms with Crippen LogP contribution in [0.3, 0.4) is 0 Å². The van der Waals surface area contributed by atoms with Gasteiger partial charge in [0.1, 0.15) is 0 Å². The van der Waals surface area contributed by atoms with Gasteiger partial charge in [0.25, 0.3) is 0 Å². The molecule has 1 aromatic rings. The first-order valence-electron chi connectivity index (χ1n) is 5.13. The van der Waals surface area contributed by atoms with Crippen LogP contribution in [0.15, 0.2) is 28.7 Å². The second-order valence-corrected chi connectivity index (χ2v) is 5.13. The molecule has 1 aliphatic rings. The van der Waals surface area contributed by atoms with E-state index in [2.05, 4.69) is 15.9 Å². The summed E-state index contributed by atoms with van der Waals surface area (Å²) in [5.41, 5.74) is 0.665. The first-order chi connectivity index (χ1) is 7.56. The first kappa shape index (κ1) is 11.6. The van der Waals surface area contributed by atoms with Crippen LogP contribution in [0.2, 0.25) is 0 Å². The molecule has 16 heavy (non-hydrogen) atoms. The van der Waals surface area contributed by atoms with Crippen molar-refractivity contribution in [2.75, 3.05) is 13.2 Å². The summed E-state index contributed by atoms with van der Waals surface area (Å²) >= 11 is 3.41. The molecular weight excluding hydrogens is 272 g/mol. The number of rotatable bonds is 3. The second kappa shape index (κ2) is 4.18. The van der Waals surface area contributed by atoms with Gasteiger partial charge in [-0.2, -0.15) is 0 Å². The summed E-state index contributed by atoms with van der Waals surface area (Å²) in [7, 11) is 0. The Kier molecular flexibility index (Phi) is 3.04. The second-order valence-electron chi connectivity index (χ2n) is 4.22. The maximum Gasteiger partial charge on any atom is 0.307 e. The van der Waals surface area contributed by atoms with E-state index in [1.54, 1.807) is 6.92 Å². The highest BCUT2D eigenvalue weighted by atomic mass is 79.9. The van der Waals surface area contributed by atoms with Gasteiger partial charge in [0, 0.05) is 4.47 Å². The number of carboxylic acid groups (broad SMARTS) is 1. The average molecular weight is 285 g/mol. The molecule has 0 saturated carbocycles. The molecule has 4 heteroatoms. The Morgan fingerprint density at radius 1 is 1.56 bits per heavy atom. The monoisotopic (exact) mass is 284 g/mol. The first-order valence-corrected chi connectivity index (χ1v) is 5.92. The van der Waals surface area contributed by atoms with Crippen molar-refractivity contribution in [2.45, 2.75) is 12.3 Å². The van der Waals surface area contributed by atoms with Crippen molar-refractivity contribution in [1.29, 1.82) is 0 Å². The molecule has 1 N–H and O–H groups in total. The molecule has 0 aliphatic carbocycles. The van der Waals surface area contributed by atoms with Crippen molar-refractivity contribution in [3.05, 3.63) is 34.3 Å². The molecule has 0 amide bonds. The van der Waals surface area contributed by atoms with E-state index in [0.29, 0.717) is 13.2 Å². The number of aliphatic carboxylic acids is 1. The summed E-state index contributed by atoms with van der Waals surface area (Å²) in [5.74, 6) is -1.21. The van der Waals surface area contributed by atoms with Gasteiger partial charge in [-0.25, -0.2) is 0 Å². The molecule has 3 nitrogen and oxygen atoms in total. The Balaban J connectivity index is 2.38. The standard InChI is InChI=1S/C12H13BrO3/c1-8(11(14)15)12(6-16-7-12)9-3-2-4-10(13)5-9/h2-5,8H,6-7H2,1H3,(H,14,15). The topological polar surface area (TPSA) is 46.5 Å². The van der Waals surface area contributed by atoms with Gasteiger partial charge in [-0.15, -0.1) is 0 Å². The minimum atomic E-state index is -0.775. The zero-order chi connectivity index (χ0) is 11.8. The van der Waals surface area contributed by atoms with Crippen LogP contribution in [0.5, 0.6) is 0 Å². The summed E-state index contributed by atoms with van der Waals surface area (Å²) in [6, 6.07) is 7.80. The minimum absolute atomic E-state index is 0.365. The van der Waals surface area contributed by atoms with E-state index in [9.17, 15) is 4.79 Å². The van der Waals surface area contributed by atoms with Gasteiger partial charge in [0.05, 0.1) is 24.5 Å². The number of hydrogen-bond acceptors (Lipinski definition) is 2. The van der Waals surface area contributed by atoms with Gasteiger partial charge in [-0.1, -0.05) is 35.0 Å². The van der Waals surface area contributed by atoms with Gasteiger partial charge in [0.15, 0.2) is 0 Å². The lowest BCUT2D eigenvalue weighted by Gasteiger charge is -2.44. The fourth-order valence-corrected chi connectivity index (χ4v) is 2.42. The number of benzene rings is 1. The van der Waals surface area contributed by atoms with E-state index in [0.717, 1.165) is 10.0 Å². The van der Waals surface area contributed by atoms with Gasteiger partial charge >= 0.3 is 5.97 Å². The van der Waals surface area contributed by atoms with Crippen LogP contribution in [-0.4, -0.2) is 24.3 Å². The molecule has 2 rings (SSSR count). The SMILES string of the molecule is CC(C(=O)O)C1(c2cccc(Br)c2)COC1. The van der Waals surface area contributed by atoms with E-state index in [1.807, 2.05) is 24.3 Å². The van der Waals surface area contributed by atoms with Crippen LogP contribution in [0.25, 0.3) is 0 Å². The third-order valence-corrected chi connectivity index (χ3v) is 3.81. The Bertz CT molecular complexity index is 412. The lowest BCUT2D eigenvalue weighted by molar-refractivity contribution is -0.155. The van der Waals surface area contributed by atoms with Crippen molar-refractivity contribution in [1.82, 2.24) is 0 Å². The molecule has 1 unspecified atom stereocenters. The number of carbonyl (C=O) groups is 1. The fourth-order valence-electron chi connectivity index (χ4n) is 2.02. The Morgan fingerprint density at radius 2 is 2.25 bits per heavy atom. The molecule has 0 bridgehead atoms. The van der Waals surface area contributed by atoms with E-state index in [1.165, 1.54) is 0 Å². The number of halogens is 1. The summed E-state index contributed by atoms with van der Waals surface area (Å²) < 4.78 is 6.19. The predicted molar refractivity (Wildman–Crippen MR) is 63.4 cm³/mol. The lowest BCUT2D eigenvalue weighted by atomic mass is 9.69. The Morgan fingerprint density at radius 3 is 2.69 bits per heavy atom. The summed E-state index contributed by atoms with van der Waals surface area (Å²) in [6.45, 7) is 2.71. The van der Waals surface area contributed by atoms with Crippen LogP contribution in [0.1, 0.15) is 12.5 Å². The molecule has 1 aromatic carbocycles. The van der Waals surface area contributed by atoms with Crippen molar-refractivity contribution >= 4 is 21.9 Å². The van der Waals surface area contributed by atoms with Gasteiger partial charge in [-0.3, -0.25) is 4.79 Å². The van der Waals surface area contributed by atoms with Crippen molar-refractivity contribution < 1.29 is 14.6 Å². The zero-order valence-corrected chi connectivity index (χ0v) is 10.5. The van der Waals surface area contributed by atoms with E-state index >= 15 is 0 Å². The molecule has 86 valence electrons. The zero-order valence-electron chi connectivity index (χ0n) is 8.94. The van der Waals surface area contributed by atoms with Crippen molar-refractivity contribution in [3.8, 4) is 0 Å². The summed E-state index contributed by atoms with van der Waals surface area (Å²) in [4.78, 5) is 11.1. The fraction of sp³-hybridized carbons (Fsp3) is 0.417. The van der Waals surface area contributed by atoms with Crippen LogP contribution in [-0.2, 0) is 14.9 Å². The average Bonchev–Trinajstić information content (AvgIpc) is 2.15. The minimum Gasteiger partial charge on any atom is -0.481 e. The van der Waals surface area contributed by atoms with Gasteiger partial charge < -0.3 is 9.84 Å². The quantitative estimate of drug-likeness (QED) is 0.927. The van der Waals surface area contributed by atoms with E-state index in [4.69, 9.17) is 9.84 Å². The lowest BCUT2D eigenvalue weighted by Crippen LogP contribution is -2.53. The van der Waals surface area contributed by atoms with Gasteiger partial charge in [-0.05, 0) is 17.7 Å². The number of carboxylic acids is 1. The van der Waals surface area contributed by atoms with E-state index in [-0.39, 0.29) is 5.41 Å². The normalized spacial score (nSPS) is 19.9. The van der Waals surface area contributed by atoms with Crippen LogP contribution in [0, 0.1) is 5.92 Å².